The number of hydrogen-bond acceptors (Lipinski definition) is 3. The number of amides is 2. The molecule has 4 rings (SSSR count). The lowest BCUT2D eigenvalue weighted by molar-refractivity contribution is -0.121. The van der Waals surface area contributed by atoms with Gasteiger partial charge in [0.2, 0.25) is 11.8 Å². The number of halogens is 1. The van der Waals surface area contributed by atoms with E-state index in [2.05, 4.69) is 5.32 Å². The molecule has 0 radical (unpaired) electrons. The van der Waals surface area contributed by atoms with E-state index in [-0.39, 0.29) is 23.8 Å². The summed E-state index contributed by atoms with van der Waals surface area (Å²) in [5.41, 5.74) is 9.64. The monoisotopic (exact) mass is 397 g/mol. The number of nitrogens with zero attached hydrogens (tertiary/aromatic N) is 1. The highest BCUT2D eigenvalue weighted by Gasteiger charge is 2.28. The van der Waals surface area contributed by atoms with E-state index in [1.807, 2.05) is 42.5 Å². The summed E-state index contributed by atoms with van der Waals surface area (Å²) in [6.07, 6.45) is 4.07. The SMILES string of the molecule is NC1CCCC(C(=O)Nc2ccc(CN3C(=O)Cc4ccc(Cl)cc43)cc2)C1. The lowest BCUT2D eigenvalue weighted by atomic mass is 9.85. The topological polar surface area (TPSA) is 75.4 Å². The number of nitrogens with two attached hydrogens (primary N) is 1. The maximum absolute atomic E-state index is 12.5. The zero-order valence-electron chi connectivity index (χ0n) is 15.7. The number of fused-ring (bicyclic) bond motifs is 1. The molecule has 0 bridgehead atoms. The third kappa shape index (κ3) is 4.05. The third-order valence-corrected chi connectivity index (χ3v) is 5.86. The molecule has 2 aromatic rings. The minimum atomic E-state index is -0.00750. The van der Waals surface area contributed by atoms with E-state index in [0.29, 0.717) is 18.0 Å². The van der Waals surface area contributed by atoms with Crippen LogP contribution in [0.5, 0.6) is 0 Å². The van der Waals surface area contributed by atoms with Gasteiger partial charge in [-0.2, -0.15) is 0 Å². The van der Waals surface area contributed by atoms with Crippen molar-refractivity contribution >= 4 is 34.8 Å². The highest BCUT2D eigenvalue weighted by molar-refractivity contribution is 6.31. The molecule has 1 heterocycles. The first-order chi connectivity index (χ1) is 13.5. The van der Waals surface area contributed by atoms with Gasteiger partial charge in [0.15, 0.2) is 0 Å². The average Bonchev–Trinajstić information content (AvgIpc) is 2.98. The Balaban J connectivity index is 1.41. The number of carbonyl (C=O) groups is 2. The van der Waals surface area contributed by atoms with E-state index in [4.69, 9.17) is 17.3 Å². The maximum Gasteiger partial charge on any atom is 0.231 e. The summed E-state index contributed by atoms with van der Waals surface area (Å²) in [5.74, 6) is 0.108. The van der Waals surface area contributed by atoms with Gasteiger partial charge in [-0.1, -0.05) is 36.2 Å². The molecule has 5 nitrogen and oxygen atoms in total. The lowest BCUT2D eigenvalue weighted by Crippen LogP contribution is -2.34. The number of nitrogens with one attached hydrogen (secondary N) is 1. The number of rotatable bonds is 4. The van der Waals surface area contributed by atoms with Gasteiger partial charge in [0.25, 0.3) is 0 Å². The van der Waals surface area contributed by atoms with Crippen LogP contribution in [0.1, 0.15) is 36.8 Å². The van der Waals surface area contributed by atoms with Gasteiger partial charge < -0.3 is 16.0 Å². The van der Waals surface area contributed by atoms with Gasteiger partial charge in [0.1, 0.15) is 0 Å². The Morgan fingerprint density at radius 2 is 1.96 bits per heavy atom. The molecule has 146 valence electrons. The molecular weight excluding hydrogens is 374 g/mol. The van der Waals surface area contributed by atoms with E-state index in [9.17, 15) is 9.59 Å². The number of carbonyl (C=O) groups excluding carboxylic acids is 2. The quantitative estimate of drug-likeness (QED) is 0.821. The second kappa shape index (κ2) is 7.94. The van der Waals surface area contributed by atoms with E-state index in [1.54, 1.807) is 4.90 Å². The molecule has 1 saturated carbocycles. The van der Waals surface area contributed by atoms with Crippen LogP contribution < -0.4 is 16.0 Å². The van der Waals surface area contributed by atoms with Crippen LogP contribution in [-0.4, -0.2) is 17.9 Å². The van der Waals surface area contributed by atoms with Gasteiger partial charge in [-0.15, -0.1) is 0 Å². The largest absolute Gasteiger partial charge is 0.328 e. The van der Waals surface area contributed by atoms with Crippen molar-refractivity contribution in [2.24, 2.45) is 11.7 Å². The Kier molecular flexibility index (Phi) is 5.38. The molecule has 2 amide bonds. The highest BCUT2D eigenvalue weighted by Crippen LogP contribution is 2.33. The summed E-state index contributed by atoms with van der Waals surface area (Å²) in [6, 6.07) is 13.3. The van der Waals surface area contributed by atoms with Crippen molar-refractivity contribution < 1.29 is 9.59 Å². The predicted molar refractivity (Wildman–Crippen MR) is 111 cm³/mol. The zero-order valence-corrected chi connectivity index (χ0v) is 16.4. The summed E-state index contributed by atoms with van der Waals surface area (Å²) in [6.45, 7) is 0.484. The van der Waals surface area contributed by atoms with Gasteiger partial charge in [0, 0.05) is 28.4 Å². The Morgan fingerprint density at radius 1 is 1.18 bits per heavy atom. The van der Waals surface area contributed by atoms with Crippen molar-refractivity contribution in [2.45, 2.75) is 44.7 Å². The van der Waals surface area contributed by atoms with Crippen LogP contribution in [0, 0.1) is 5.92 Å². The highest BCUT2D eigenvalue weighted by atomic mass is 35.5. The molecule has 2 atom stereocenters. The van der Waals surface area contributed by atoms with Crippen molar-refractivity contribution in [2.75, 3.05) is 10.2 Å². The molecule has 2 unspecified atom stereocenters. The van der Waals surface area contributed by atoms with Crippen LogP contribution in [0.3, 0.4) is 0 Å². The van der Waals surface area contributed by atoms with Crippen molar-refractivity contribution in [3.05, 3.63) is 58.6 Å². The second-order valence-corrected chi connectivity index (χ2v) is 8.18. The normalized spacial score (nSPS) is 21.5. The molecule has 3 N–H and O–H groups in total. The molecule has 0 saturated heterocycles. The molecule has 1 aliphatic heterocycles. The lowest BCUT2D eigenvalue weighted by Gasteiger charge is -2.25. The minimum absolute atomic E-state index is 0.00750. The fourth-order valence-electron chi connectivity index (χ4n) is 4.09. The predicted octanol–water partition coefficient (Wildman–Crippen LogP) is 3.89. The summed E-state index contributed by atoms with van der Waals surface area (Å²) >= 11 is 6.10. The Hall–Kier alpha value is -2.37. The number of anilines is 2. The fraction of sp³-hybridized carbons (Fsp3) is 0.364. The van der Waals surface area contributed by atoms with Gasteiger partial charge in [-0.25, -0.2) is 0 Å². The van der Waals surface area contributed by atoms with Crippen LogP contribution in [0.4, 0.5) is 11.4 Å². The van der Waals surface area contributed by atoms with Crippen molar-refractivity contribution in [1.29, 1.82) is 0 Å². The van der Waals surface area contributed by atoms with Crippen molar-refractivity contribution in [1.82, 2.24) is 0 Å². The van der Waals surface area contributed by atoms with Crippen LogP contribution in [-0.2, 0) is 22.6 Å². The Bertz CT molecular complexity index is 897. The van der Waals surface area contributed by atoms with Crippen molar-refractivity contribution in [3.63, 3.8) is 0 Å². The number of hydrogen-bond donors (Lipinski definition) is 2. The van der Waals surface area contributed by atoms with Crippen molar-refractivity contribution in [3.8, 4) is 0 Å². The first kappa shape index (κ1) is 19.0. The summed E-state index contributed by atoms with van der Waals surface area (Å²) in [5, 5.41) is 3.62. The molecule has 2 aromatic carbocycles. The molecule has 0 spiro atoms. The molecular formula is C22H24ClN3O2. The first-order valence-electron chi connectivity index (χ1n) is 9.74. The van der Waals surface area contributed by atoms with Gasteiger partial charge in [-0.3, -0.25) is 9.59 Å². The summed E-state index contributed by atoms with van der Waals surface area (Å²) in [7, 11) is 0. The standard InChI is InChI=1S/C22H24ClN3O2/c23-17-7-6-15-11-21(27)26(20(15)12-17)13-14-4-8-19(9-5-14)25-22(28)16-2-1-3-18(24)10-16/h4-9,12,16,18H,1-3,10-11,13,24H2,(H,25,28). The molecule has 1 aliphatic carbocycles. The minimum Gasteiger partial charge on any atom is -0.328 e. The average molecular weight is 398 g/mol. The Morgan fingerprint density at radius 3 is 2.71 bits per heavy atom. The van der Waals surface area contributed by atoms with E-state index < -0.39 is 0 Å². The number of benzene rings is 2. The van der Waals surface area contributed by atoms with E-state index in [0.717, 1.165) is 48.2 Å². The summed E-state index contributed by atoms with van der Waals surface area (Å²) in [4.78, 5) is 26.6. The van der Waals surface area contributed by atoms with Crippen LogP contribution in [0.25, 0.3) is 0 Å². The third-order valence-electron chi connectivity index (χ3n) is 5.63. The molecule has 1 fully saturated rings. The van der Waals surface area contributed by atoms with Gasteiger partial charge >= 0.3 is 0 Å². The molecule has 2 aliphatic rings. The Labute approximate surface area is 169 Å². The molecule has 28 heavy (non-hydrogen) atoms. The molecule has 6 heteroatoms. The maximum atomic E-state index is 12.5. The smallest absolute Gasteiger partial charge is 0.231 e. The van der Waals surface area contributed by atoms with Gasteiger partial charge in [-0.05, 0) is 54.7 Å². The zero-order chi connectivity index (χ0) is 19.7. The fourth-order valence-corrected chi connectivity index (χ4v) is 4.26. The van der Waals surface area contributed by atoms with Crippen LogP contribution >= 0.6 is 11.6 Å². The molecule has 0 aromatic heterocycles. The van der Waals surface area contributed by atoms with E-state index in [1.165, 1.54) is 0 Å². The summed E-state index contributed by atoms with van der Waals surface area (Å²) < 4.78 is 0. The van der Waals surface area contributed by atoms with Crippen LogP contribution in [0.2, 0.25) is 5.02 Å². The first-order valence-corrected chi connectivity index (χ1v) is 10.1. The van der Waals surface area contributed by atoms with E-state index >= 15 is 0 Å². The second-order valence-electron chi connectivity index (χ2n) is 7.74. The van der Waals surface area contributed by atoms with Crippen LogP contribution in [0.15, 0.2) is 42.5 Å². The van der Waals surface area contributed by atoms with Gasteiger partial charge in [0.05, 0.1) is 13.0 Å².